The van der Waals surface area contributed by atoms with E-state index in [2.05, 4.69) is 15.2 Å². The molecule has 6 heteroatoms. The fourth-order valence-corrected chi connectivity index (χ4v) is 1.78. The van der Waals surface area contributed by atoms with E-state index in [1.54, 1.807) is 18.0 Å². The molecule has 0 aliphatic heterocycles. The summed E-state index contributed by atoms with van der Waals surface area (Å²) in [7, 11) is 1.71. The zero-order valence-corrected chi connectivity index (χ0v) is 10.3. The highest BCUT2D eigenvalue weighted by molar-refractivity contribution is 6.00. The van der Waals surface area contributed by atoms with Crippen molar-refractivity contribution in [2.24, 2.45) is 0 Å². The van der Waals surface area contributed by atoms with E-state index in [1.807, 2.05) is 19.1 Å². The number of H-pyrrole nitrogens is 1. The van der Waals surface area contributed by atoms with Gasteiger partial charge in [0.1, 0.15) is 12.2 Å². The largest absolute Gasteiger partial charge is 0.398 e. The molecule has 18 heavy (non-hydrogen) atoms. The third-order valence-corrected chi connectivity index (χ3v) is 2.72. The smallest absolute Gasteiger partial charge is 0.256 e. The zero-order chi connectivity index (χ0) is 13.1. The molecule has 0 aliphatic rings. The molecule has 1 aromatic heterocycles. The Kier molecular flexibility index (Phi) is 3.27. The second-order valence-corrected chi connectivity index (χ2v) is 4.13. The van der Waals surface area contributed by atoms with E-state index >= 15 is 0 Å². The lowest BCUT2D eigenvalue weighted by atomic mass is 10.1. The predicted octanol–water partition coefficient (Wildman–Crippen LogP) is 0.968. The molecule has 0 atom stereocenters. The van der Waals surface area contributed by atoms with Gasteiger partial charge in [-0.1, -0.05) is 12.1 Å². The topological polar surface area (TPSA) is 87.9 Å². The lowest BCUT2D eigenvalue weighted by Gasteiger charge is -2.18. The van der Waals surface area contributed by atoms with Crippen LogP contribution >= 0.6 is 0 Å². The van der Waals surface area contributed by atoms with E-state index in [4.69, 9.17) is 5.73 Å². The summed E-state index contributed by atoms with van der Waals surface area (Å²) < 4.78 is 0. The van der Waals surface area contributed by atoms with Gasteiger partial charge in [0.25, 0.3) is 5.91 Å². The van der Waals surface area contributed by atoms with Crippen LogP contribution in [0.2, 0.25) is 0 Å². The van der Waals surface area contributed by atoms with Crippen molar-refractivity contribution in [2.45, 2.75) is 13.5 Å². The molecule has 0 saturated carbocycles. The maximum Gasteiger partial charge on any atom is 0.256 e. The third kappa shape index (κ3) is 2.32. The van der Waals surface area contributed by atoms with E-state index in [9.17, 15) is 4.79 Å². The second kappa shape index (κ2) is 4.87. The van der Waals surface area contributed by atoms with E-state index in [0.29, 0.717) is 23.6 Å². The minimum atomic E-state index is -0.123. The molecule has 2 rings (SSSR count). The number of nitrogens with two attached hydrogens (primary N) is 1. The van der Waals surface area contributed by atoms with Crippen molar-refractivity contribution in [3.05, 3.63) is 41.5 Å². The molecule has 0 radical (unpaired) electrons. The second-order valence-electron chi connectivity index (χ2n) is 4.13. The average molecular weight is 245 g/mol. The Morgan fingerprint density at radius 3 is 2.89 bits per heavy atom. The number of rotatable bonds is 3. The standard InChI is InChI=1S/C12H15N5O/c1-8-4-3-5-9(13)11(8)12(18)17(2)6-10-14-7-15-16-10/h3-5,7H,6,13H2,1-2H3,(H,14,15,16). The summed E-state index contributed by atoms with van der Waals surface area (Å²) in [6.07, 6.45) is 1.41. The van der Waals surface area contributed by atoms with Crippen LogP contribution < -0.4 is 5.73 Å². The number of carbonyl (C=O) groups is 1. The number of nitrogens with zero attached hydrogens (tertiary/aromatic N) is 3. The van der Waals surface area contributed by atoms with Gasteiger partial charge in [-0.15, -0.1) is 0 Å². The summed E-state index contributed by atoms with van der Waals surface area (Å²) in [4.78, 5) is 17.8. The quantitative estimate of drug-likeness (QED) is 0.788. The Balaban J connectivity index is 2.21. The number of aryl methyl sites for hydroxylation is 1. The van der Waals surface area contributed by atoms with Crippen molar-refractivity contribution in [2.75, 3.05) is 12.8 Å². The lowest BCUT2D eigenvalue weighted by Crippen LogP contribution is -2.28. The van der Waals surface area contributed by atoms with Crippen molar-refractivity contribution in [3.8, 4) is 0 Å². The van der Waals surface area contributed by atoms with Gasteiger partial charge >= 0.3 is 0 Å². The van der Waals surface area contributed by atoms with Gasteiger partial charge in [0.05, 0.1) is 12.1 Å². The maximum absolute atomic E-state index is 12.3. The van der Waals surface area contributed by atoms with Crippen LogP contribution in [0.1, 0.15) is 21.7 Å². The van der Waals surface area contributed by atoms with Crippen molar-refractivity contribution >= 4 is 11.6 Å². The maximum atomic E-state index is 12.3. The van der Waals surface area contributed by atoms with Crippen LogP contribution in [-0.2, 0) is 6.54 Å². The minimum Gasteiger partial charge on any atom is -0.398 e. The predicted molar refractivity (Wildman–Crippen MR) is 67.8 cm³/mol. The highest BCUT2D eigenvalue weighted by Gasteiger charge is 2.17. The Bertz CT molecular complexity index is 529. The van der Waals surface area contributed by atoms with E-state index < -0.39 is 0 Å². The first-order valence-corrected chi connectivity index (χ1v) is 5.54. The molecule has 0 saturated heterocycles. The average Bonchev–Trinajstić information content (AvgIpc) is 2.81. The number of aromatic nitrogens is 3. The van der Waals surface area contributed by atoms with Gasteiger partial charge in [-0.3, -0.25) is 9.89 Å². The SMILES string of the molecule is Cc1cccc(N)c1C(=O)N(C)Cc1ncn[nH]1. The van der Waals surface area contributed by atoms with Crippen molar-refractivity contribution in [3.63, 3.8) is 0 Å². The highest BCUT2D eigenvalue weighted by Crippen LogP contribution is 2.18. The monoisotopic (exact) mass is 245 g/mol. The van der Waals surface area contributed by atoms with E-state index in [0.717, 1.165) is 5.56 Å². The summed E-state index contributed by atoms with van der Waals surface area (Å²) in [5.41, 5.74) is 7.75. The molecule has 0 bridgehead atoms. The Labute approximate surface area is 105 Å². The summed E-state index contributed by atoms with van der Waals surface area (Å²) in [6.45, 7) is 2.23. The van der Waals surface area contributed by atoms with Crippen molar-refractivity contribution in [1.29, 1.82) is 0 Å². The third-order valence-electron chi connectivity index (χ3n) is 2.72. The summed E-state index contributed by atoms with van der Waals surface area (Å²) in [5.74, 6) is 0.514. The first-order valence-electron chi connectivity index (χ1n) is 5.54. The number of amides is 1. The molecule has 0 spiro atoms. The van der Waals surface area contributed by atoms with Gasteiger partial charge < -0.3 is 10.6 Å². The number of benzene rings is 1. The molecule has 1 aromatic carbocycles. The van der Waals surface area contributed by atoms with Crippen LogP contribution in [0.3, 0.4) is 0 Å². The molecule has 0 aliphatic carbocycles. The first-order chi connectivity index (χ1) is 8.59. The van der Waals surface area contributed by atoms with Crippen LogP contribution in [-0.4, -0.2) is 33.0 Å². The fraction of sp³-hybridized carbons (Fsp3) is 0.250. The van der Waals surface area contributed by atoms with Crippen molar-refractivity contribution in [1.82, 2.24) is 20.1 Å². The van der Waals surface area contributed by atoms with Gasteiger partial charge in [-0.05, 0) is 18.6 Å². The first kappa shape index (κ1) is 12.1. The summed E-state index contributed by atoms with van der Waals surface area (Å²) >= 11 is 0. The molecule has 6 nitrogen and oxygen atoms in total. The fourth-order valence-electron chi connectivity index (χ4n) is 1.78. The van der Waals surface area contributed by atoms with E-state index in [1.165, 1.54) is 6.33 Å². The number of carbonyl (C=O) groups excluding carboxylic acids is 1. The molecule has 0 unspecified atom stereocenters. The van der Waals surface area contributed by atoms with Crippen LogP contribution in [0.5, 0.6) is 0 Å². The lowest BCUT2D eigenvalue weighted by molar-refractivity contribution is 0.0782. The summed E-state index contributed by atoms with van der Waals surface area (Å²) in [5, 5.41) is 6.46. The Morgan fingerprint density at radius 1 is 1.50 bits per heavy atom. The molecular weight excluding hydrogens is 230 g/mol. The van der Waals surface area contributed by atoms with Crippen LogP contribution in [0.4, 0.5) is 5.69 Å². The minimum absolute atomic E-state index is 0.123. The van der Waals surface area contributed by atoms with Gasteiger partial charge in [-0.2, -0.15) is 5.10 Å². The van der Waals surface area contributed by atoms with Crippen LogP contribution in [0, 0.1) is 6.92 Å². The molecule has 1 heterocycles. The number of hydrogen-bond donors (Lipinski definition) is 2. The molecule has 3 N–H and O–H groups in total. The molecule has 0 fully saturated rings. The van der Waals surface area contributed by atoms with Crippen molar-refractivity contribution < 1.29 is 4.79 Å². The van der Waals surface area contributed by atoms with Gasteiger partial charge in [0.15, 0.2) is 0 Å². The normalized spacial score (nSPS) is 10.3. The zero-order valence-electron chi connectivity index (χ0n) is 10.3. The number of nitrogen functional groups attached to an aromatic ring is 1. The molecular formula is C12H15N5O. The number of anilines is 1. The number of nitrogens with one attached hydrogen (secondary N) is 1. The number of aromatic amines is 1. The highest BCUT2D eigenvalue weighted by atomic mass is 16.2. The Hall–Kier alpha value is -2.37. The molecule has 2 aromatic rings. The van der Waals surface area contributed by atoms with Gasteiger partial charge in [-0.25, -0.2) is 4.98 Å². The van der Waals surface area contributed by atoms with Crippen LogP contribution in [0.15, 0.2) is 24.5 Å². The molecule has 1 amide bonds. The molecule has 94 valence electrons. The van der Waals surface area contributed by atoms with Gasteiger partial charge in [0.2, 0.25) is 0 Å². The summed E-state index contributed by atoms with van der Waals surface area (Å²) in [6, 6.07) is 5.42. The van der Waals surface area contributed by atoms with Crippen LogP contribution in [0.25, 0.3) is 0 Å². The van der Waals surface area contributed by atoms with Gasteiger partial charge in [0, 0.05) is 12.7 Å². The number of hydrogen-bond acceptors (Lipinski definition) is 4. The van der Waals surface area contributed by atoms with E-state index in [-0.39, 0.29) is 5.91 Å². The Morgan fingerprint density at radius 2 is 2.28 bits per heavy atom.